The summed E-state index contributed by atoms with van der Waals surface area (Å²) >= 11 is 0. The van der Waals surface area contributed by atoms with Crippen molar-refractivity contribution in [2.24, 2.45) is 0 Å². The van der Waals surface area contributed by atoms with E-state index in [2.05, 4.69) is 10.2 Å². The molecule has 0 radical (unpaired) electrons. The average Bonchev–Trinajstić information content (AvgIpc) is 2.64. The van der Waals surface area contributed by atoms with Crippen LogP contribution in [0.3, 0.4) is 0 Å². The Balaban J connectivity index is 2.48. The van der Waals surface area contributed by atoms with Crippen molar-refractivity contribution in [1.82, 2.24) is 10.2 Å². The van der Waals surface area contributed by atoms with Crippen LogP contribution in [0.25, 0.3) is 0 Å². The monoisotopic (exact) mass is 284 g/mol. The Bertz CT molecular complexity index is 334. The zero-order valence-corrected chi connectivity index (χ0v) is 12.9. The summed E-state index contributed by atoms with van der Waals surface area (Å²) in [6.07, 6.45) is 5.32. The molecule has 116 valence electrons. The topological polar surface area (TPSA) is 69.6 Å². The molecule has 1 fully saturated rings. The summed E-state index contributed by atoms with van der Waals surface area (Å²) in [5.74, 6) is -0.824. The van der Waals surface area contributed by atoms with Crippen molar-refractivity contribution in [2.75, 3.05) is 13.1 Å². The maximum absolute atomic E-state index is 12.3. The van der Waals surface area contributed by atoms with Gasteiger partial charge >= 0.3 is 5.97 Å². The molecule has 0 aliphatic carbocycles. The van der Waals surface area contributed by atoms with Gasteiger partial charge in [-0.25, -0.2) is 0 Å². The number of carbonyl (C=O) groups excluding carboxylic acids is 1. The number of rotatable bonds is 6. The molecule has 1 aliphatic rings. The molecule has 1 heterocycles. The van der Waals surface area contributed by atoms with E-state index < -0.39 is 11.5 Å². The van der Waals surface area contributed by atoms with Gasteiger partial charge in [0.15, 0.2) is 0 Å². The number of hydrogen-bond acceptors (Lipinski definition) is 3. The molecule has 1 saturated heterocycles. The third kappa shape index (κ3) is 5.90. The molecule has 20 heavy (non-hydrogen) atoms. The van der Waals surface area contributed by atoms with Gasteiger partial charge in [0.25, 0.3) is 0 Å². The Kier molecular flexibility index (Phi) is 6.46. The minimum absolute atomic E-state index is 0.00212. The number of carbonyl (C=O) groups is 2. The molecule has 0 aromatic heterocycles. The highest BCUT2D eigenvalue weighted by Gasteiger charge is 2.27. The second kappa shape index (κ2) is 7.62. The highest BCUT2D eigenvalue weighted by atomic mass is 16.4. The van der Waals surface area contributed by atoms with Crippen molar-refractivity contribution in [3.63, 3.8) is 0 Å². The van der Waals surface area contributed by atoms with Crippen LogP contribution in [0.5, 0.6) is 0 Å². The Labute approximate surface area is 121 Å². The van der Waals surface area contributed by atoms with E-state index in [1.807, 2.05) is 20.8 Å². The van der Waals surface area contributed by atoms with Gasteiger partial charge in [-0.2, -0.15) is 0 Å². The number of aliphatic carboxylic acids is 1. The zero-order chi connectivity index (χ0) is 15.2. The quantitative estimate of drug-likeness (QED) is 0.783. The highest BCUT2D eigenvalue weighted by molar-refractivity contribution is 5.82. The maximum atomic E-state index is 12.3. The van der Waals surface area contributed by atoms with Gasteiger partial charge in [0.05, 0.1) is 6.04 Å². The van der Waals surface area contributed by atoms with Crippen LogP contribution in [0, 0.1) is 0 Å². The van der Waals surface area contributed by atoms with Crippen molar-refractivity contribution in [3.05, 3.63) is 0 Å². The predicted molar refractivity (Wildman–Crippen MR) is 78.6 cm³/mol. The van der Waals surface area contributed by atoms with Crippen molar-refractivity contribution >= 4 is 11.9 Å². The number of likely N-dealkylation sites (tertiary alicyclic amines) is 1. The van der Waals surface area contributed by atoms with E-state index in [1.54, 1.807) is 0 Å². The molecule has 0 aromatic rings. The van der Waals surface area contributed by atoms with Crippen molar-refractivity contribution in [1.29, 1.82) is 0 Å². The van der Waals surface area contributed by atoms with Crippen LogP contribution in [0.2, 0.25) is 0 Å². The average molecular weight is 284 g/mol. The molecule has 1 rings (SSSR count). The van der Waals surface area contributed by atoms with Gasteiger partial charge in [0.2, 0.25) is 5.91 Å². The van der Waals surface area contributed by atoms with E-state index in [1.165, 1.54) is 12.8 Å². The smallest absolute Gasteiger partial charge is 0.303 e. The van der Waals surface area contributed by atoms with E-state index >= 15 is 0 Å². The van der Waals surface area contributed by atoms with Gasteiger partial charge in [-0.15, -0.1) is 0 Å². The molecule has 2 N–H and O–H groups in total. The second-order valence-corrected chi connectivity index (χ2v) is 6.39. The van der Waals surface area contributed by atoms with Crippen LogP contribution < -0.4 is 5.32 Å². The van der Waals surface area contributed by atoms with Crippen molar-refractivity contribution in [2.45, 2.75) is 70.9 Å². The SMILES string of the molecule is CC(C(=O)NC(C)(C)CCC(=O)O)N1CCCCCC1. The number of hydrogen-bond donors (Lipinski definition) is 2. The van der Waals surface area contributed by atoms with Crippen LogP contribution in [-0.2, 0) is 9.59 Å². The Hall–Kier alpha value is -1.10. The molecule has 0 spiro atoms. The molecular formula is C15H28N2O3. The summed E-state index contributed by atoms with van der Waals surface area (Å²) in [7, 11) is 0. The highest BCUT2D eigenvalue weighted by Crippen LogP contribution is 2.15. The lowest BCUT2D eigenvalue weighted by Crippen LogP contribution is -2.52. The Morgan fingerprint density at radius 2 is 1.75 bits per heavy atom. The first-order valence-electron chi connectivity index (χ1n) is 7.60. The molecule has 0 bridgehead atoms. The molecule has 1 atom stereocenters. The fourth-order valence-corrected chi connectivity index (χ4v) is 2.57. The molecule has 0 aromatic carbocycles. The molecule has 5 heteroatoms. The van der Waals surface area contributed by atoms with Crippen LogP contribution in [0.4, 0.5) is 0 Å². The minimum atomic E-state index is -0.826. The fourth-order valence-electron chi connectivity index (χ4n) is 2.57. The van der Waals surface area contributed by atoms with E-state index in [4.69, 9.17) is 5.11 Å². The Morgan fingerprint density at radius 1 is 1.20 bits per heavy atom. The van der Waals surface area contributed by atoms with Gasteiger partial charge in [-0.1, -0.05) is 12.8 Å². The van der Waals surface area contributed by atoms with Crippen LogP contribution >= 0.6 is 0 Å². The van der Waals surface area contributed by atoms with Crippen LogP contribution in [0.1, 0.15) is 59.3 Å². The number of carboxylic acid groups (broad SMARTS) is 1. The lowest BCUT2D eigenvalue weighted by atomic mass is 9.98. The maximum Gasteiger partial charge on any atom is 0.303 e. The summed E-state index contributed by atoms with van der Waals surface area (Å²) in [4.78, 5) is 25.2. The number of carboxylic acids is 1. The predicted octanol–water partition coefficient (Wildman–Crippen LogP) is 2.01. The van der Waals surface area contributed by atoms with Crippen LogP contribution in [0.15, 0.2) is 0 Å². The third-order valence-electron chi connectivity index (χ3n) is 3.99. The first-order chi connectivity index (χ1) is 9.32. The molecule has 1 amide bonds. The van der Waals surface area contributed by atoms with Crippen molar-refractivity contribution < 1.29 is 14.7 Å². The molecule has 0 saturated carbocycles. The summed E-state index contributed by atoms with van der Waals surface area (Å²) in [6, 6.07) is -0.141. The lowest BCUT2D eigenvalue weighted by molar-refractivity contribution is -0.138. The number of nitrogens with one attached hydrogen (secondary N) is 1. The van der Waals surface area contributed by atoms with Gasteiger partial charge in [-0.05, 0) is 53.1 Å². The fraction of sp³-hybridized carbons (Fsp3) is 0.867. The van der Waals surface area contributed by atoms with Gasteiger partial charge in [0, 0.05) is 12.0 Å². The molecular weight excluding hydrogens is 256 g/mol. The first-order valence-corrected chi connectivity index (χ1v) is 7.60. The summed E-state index contributed by atoms with van der Waals surface area (Å²) in [5.41, 5.74) is -0.477. The molecule has 1 unspecified atom stereocenters. The van der Waals surface area contributed by atoms with Gasteiger partial charge in [0.1, 0.15) is 0 Å². The lowest BCUT2D eigenvalue weighted by Gasteiger charge is -2.32. The number of amides is 1. The standard InChI is InChI=1S/C15H28N2O3/c1-12(17-10-6-4-5-7-11-17)14(20)16-15(2,3)9-8-13(18)19/h12H,4-11H2,1-3H3,(H,16,20)(H,18,19). The van der Waals surface area contributed by atoms with Crippen molar-refractivity contribution in [3.8, 4) is 0 Å². The molecule has 5 nitrogen and oxygen atoms in total. The van der Waals surface area contributed by atoms with E-state index in [-0.39, 0.29) is 18.4 Å². The Morgan fingerprint density at radius 3 is 2.25 bits per heavy atom. The normalized spacial score (nSPS) is 19.1. The van der Waals surface area contributed by atoms with E-state index in [9.17, 15) is 9.59 Å². The first kappa shape index (κ1) is 17.0. The largest absolute Gasteiger partial charge is 0.481 e. The van der Waals surface area contributed by atoms with E-state index in [0.717, 1.165) is 25.9 Å². The van der Waals surface area contributed by atoms with Crippen LogP contribution in [-0.4, -0.2) is 46.6 Å². The summed E-state index contributed by atoms with van der Waals surface area (Å²) in [5, 5.41) is 11.7. The molecule has 1 aliphatic heterocycles. The van der Waals surface area contributed by atoms with Gasteiger partial charge < -0.3 is 10.4 Å². The summed E-state index contributed by atoms with van der Waals surface area (Å²) < 4.78 is 0. The third-order valence-corrected chi connectivity index (χ3v) is 3.99. The zero-order valence-electron chi connectivity index (χ0n) is 12.9. The van der Waals surface area contributed by atoms with Gasteiger partial charge in [-0.3, -0.25) is 14.5 Å². The summed E-state index contributed by atoms with van der Waals surface area (Å²) in [6.45, 7) is 7.65. The second-order valence-electron chi connectivity index (χ2n) is 6.39. The van der Waals surface area contributed by atoms with E-state index in [0.29, 0.717) is 6.42 Å². The number of nitrogens with zero attached hydrogens (tertiary/aromatic N) is 1. The minimum Gasteiger partial charge on any atom is -0.481 e.